The molecule has 2 fully saturated rings. The summed E-state index contributed by atoms with van der Waals surface area (Å²) >= 11 is 0. The molecule has 0 spiro atoms. The van der Waals surface area contributed by atoms with Gasteiger partial charge in [-0.1, -0.05) is 41.2 Å². The fourth-order valence-electron chi connectivity index (χ4n) is 5.91. The zero-order valence-electron chi connectivity index (χ0n) is 23.8. The molecule has 5 aromatic rings. The second kappa shape index (κ2) is 12.2. The topological polar surface area (TPSA) is 115 Å². The molecule has 11 nitrogen and oxygen atoms in total. The number of rotatable bonds is 8. The molecule has 1 amide bonds. The van der Waals surface area contributed by atoms with E-state index in [2.05, 4.69) is 36.3 Å². The van der Waals surface area contributed by atoms with E-state index in [0.29, 0.717) is 59.6 Å². The third kappa shape index (κ3) is 5.80. The van der Waals surface area contributed by atoms with Crippen LogP contribution in [0.15, 0.2) is 71.3 Å². The number of hydrogen-bond donors (Lipinski definition) is 0. The van der Waals surface area contributed by atoms with Gasteiger partial charge in [0.1, 0.15) is 11.2 Å². The van der Waals surface area contributed by atoms with Gasteiger partial charge in [-0.25, -0.2) is 4.98 Å². The Morgan fingerprint density at radius 1 is 1.02 bits per heavy atom. The van der Waals surface area contributed by atoms with E-state index in [1.165, 1.54) is 5.56 Å². The van der Waals surface area contributed by atoms with Gasteiger partial charge in [-0.15, -0.1) is 10.2 Å². The van der Waals surface area contributed by atoms with Crippen LogP contribution in [0.1, 0.15) is 46.5 Å². The number of tetrazole rings is 1. The van der Waals surface area contributed by atoms with Crippen LogP contribution in [-0.4, -0.2) is 85.3 Å². The Labute approximate surface area is 251 Å². The molecule has 0 radical (unpaired) electrons. The van der Waals surface area contributed by atoms with Crippen LogP contribution in [0, 0.1) is 5.92 Å². The van der Waals surface area contributed by atoms with Crippen molar-refractivity contribution < 1.29 is 22.7 Å². The van der Waals surface area contributed by atoms with Gasteiger partial charge in [0, 0.05) is 51.2 Å². The zero-order valence-corrected chi connectivity index (χ0v) is 23.8. The molecule has 2 aliphatic rings. The predicted octanol–water partition coefficient (Wildman–Crippen LogP) is 4.40. The molecule has 0 saturated carbocycles. The normalized spacial score (nSPS) is 18.3. The molecule has 2 atom stereocenters. The van der Waals surface area contributed by atoms with Crippen LogP contribution < -0.4 is 0 Å². The van der Waals surface area contributed by atoms with Crippen LogP contribution in [0.25, 0.3) is 22.6 Å². The largest absolute Gasteiger partial charge is 0.436 e. The summed E-state index contributed by atoms with van der Waals surface area (Å²) in [4.78, 5) is 26.6. The average Bonchev–Trinajstić information content (AvgIpc) is 3.84. The van der Waals surface area contributed by atoms with Crippen molar-refractivity contribution in [2.75, 3.05) is 39.4 Å². The van der Waals surface area contributed by atoms with Crippen LogP contribution >= 0.6 is 0 Å². The Morgan fingerprint density at radius 2 is 1.86 bits per heavy atom. The third-order valence-electron chi connectivity index (χ3n) is 8.17. The molecule has 44 heavy (non-hydrogen) atoms. The standard InChI is InChI=1S/C31H30F2N8O3/c32-31(33)41-37-28(36-38-41)27(22-4-2-1-3-5-22)39-11-13-40(14-12-39)30(42)25-18-23(8-10-34-25)29-35-24-7-6-20(17-26(24)44-29)16-21-9-15-43-19-21/h1-8,10,17-18,21,27,31H,9,11-16,19H2/t21?,27-/m0/s1. The molecule has 13 heteroatoms. The zero-order chi connectivity index (χ0) is 30.0. The molecule has 7 rings (SSSR count). The van der Waals surface area contributed by atoms with Crippen molar-refractivity contribution in [3.63, 3.8) is 0 Å². The van der Waals surface area contributed by atoms with Gasteiger partial charge in [0.2, 0.25) is 5.89 Å². The van der Waals surface area contributed by atoms with Gasteiger partial charge in [-0.05, 0) is 59.4 Å². The number of carbonyl (C=O) groups is 1. The number of amides is 1. The number of halogens is 2. The maximum atomic E-state index is 13.5. The lowest BCUT2D eigenvalue weighted by Gasteiger charge is -2.38. The van der Waals surface area contributed by atoms with Gasteiger partial charge in [0.05, 0.1) is 6.04 Å². The lowest BCUT2D eigenvalue weighted by Crippen LogP contribution is -2.50. The molecule has 5 heterocycles. The summed E-state index contributed by atoms with van der Waals surface area (Å²) in [6.07, 6.45) is 3.59. The summed E-state index contributed by atoms with van der Waals surface area (Å²) in [5.41, 5.74) is 4.46. The Hall–Kier alpha value is -4.62. The van der Waals surface area contributed by atoms with Crippen molar-refractivity contribution in [2.45, 2.75) is 25.4 Å². The van der Waals surface area contributed by atoms with E-state index < -0.39 is 12.6 Å². The molecule has 3 aromatic heterocycles. The van der Waals surface area contributed by atoms with E-state index in [1.807, 2.05) is 42.5 Å². The second-order valence-electron chi connectivity index (χ2n) is 11.1. The van der Waals surface area contributed by atoms with Crippen LogP contribution in [0.2, 0.25) is 0 Å². The Kier molecular flexibility index (Phi) is 7.79. The van der Waals surface area contributed by atoms with Gasteiger partial charge in [0.15, 0.2) is 11.4 Å². The number of fused-ring (bicyclic) bond motifs is 1. The minimum absolute atomic E-state index is 0.184. The molecule has 226 valence electrons. The fraction of sp³-hybridized carbons (Fsp3) is 0.355. The number of nitrogens with zero attached hydrogens (tertiary/aromatic N) is 8. The smallest absolute Gasteiger partial charge is 0.350 e. The first-order valence-electron chi connectivity index (χ1n) is 14.6. The fourth-order valence-corrected chi connectivity index (χ4v) is 5.91. The van der Waals surface area contributed by atoms with E-state index in [-0.39, 0.29) is 11.7 Å². The number of carbonyl (C=O) groups excluding carboxylic acids is 1. The summed E-state index contributed by atoms with van der Waals surface area (Å²) in [6.45, 7) is 0.511. The van der Waals surface area contributed by atoms with Gasteiger partial charge >= 0.3 is 6.55 Å². The first-order chi connectivity index (χ1) is 21.5. The Morgan fingerprint density at radius 3 is 2.61 bits per heavy atom. The molecule has 1 unspecified atom stereocenters. The Bertz CT molecular complexity index is 1750. The first kappa shape index (κ1) is 28.2. The molecule has 0 aliphatic carbocycles. The van der Waals surface area contributed by atoms with Crippen molar-refractivity contribution in [1.82, 2.24) is 40.0 Å². The summed E-state index contributed by atoms with van der Waals surface area (Å²) in [5, 5.41) is 11.4. The van der Waals surface area contributed by atoms with Gasteiger partial charge < -0.3 is 14.1 Å². The summed E-state index contributed by atoms with van der Waals surface area (Å²) in [6, 6.07) is 18.5. The molecular weight excluding hydrogens is 570 g/mol. The van der Waals surface area contributed by atoms with Gasteiger partial charge in [-0.3, -0.25) is 14.7 Å². The average molecular weight is 601 g/mol. The number of alkyl halides is 2. The Balaban J connectivity index is 1.05. The van der Waals surface area contributed by atoms with Crippen molar-refractivity contribution in [3.8, 4) is 11.5 Å². The number of aromatic nitrogens is 6. The lowest BCUT2D eigenvalue weighted by molar-refractivity contribution is 0.0385. The molecule has 0 bridgehead atoms. The third-order valence-corrected chi connectivity index (χ3v) is 8.17. The summed E-state index contributed by atoms with van der Waals surface area (Å²) < 4.78 is 38.0. The van der Waals surface area contributed by atoms with Crippen LogP contribution in [0.3, 0.4) is 0 Å². The number of hydrogen-bond acceptors (Lipinski definition) is 9. The van der Waals surface area contributed by atoms with Gasteiger partial charge in [-0.2, -0.15) is 8.78 Å². The van der Waals surface area contributed by atoms with Crippen LogP contribution in [-0.2, 0) is 11.2 Å². The summed E-state index contributed by atoms with van der Waals surface area (Å²) in [7, 11) is 0. The molecule has 0 N–H and O–H groups in total. The van der Waals surface area contributed by atoms with E-state index in [0.717, 1.165) is 37.1 Å². The number of benzene rings is 2. The highest BCUT2D eigenvalue weighted by molar-refractivity contribution is 5.93. The number of pyridine rings is 1. The summed E-state index contributed by atoms with van der Waals surface area (Å²) in [5.74, 6) is 0.926. The van der Waals surface area contributed by atoms with Crippen LogP contribution in [0.4, 0.5) is 8.78 Å². The van der Waals surface area contributed by atoms with Crippen molar-refractivity contribution in [2.24, 2.45) is 5.92 Å². The SMILES string of the molecule is O=C(c1cc(-c2nc3ccc(CC4CCOC4)cc3o2)ccn1)N1CCN([C@@H](c2ccccc2)c2nnn(C(F)F)n2)CC1. The van der Waals surface area contributed by atoms with E-state index in [9.17, 15) is 13.6 Å². The monoisotopic (exact) mass is 600 g/mol. The lowest BCUT2D eigenvalue weighted by atomic mass is 9.99. The minimum atomic E-state index is -2.88. The van der Waals surface area contributed by atoms with E-state index in [4.69, 9.17) is 9.15 Å². The van der Waals surface area contributed by atoms with Gasteiger partial charge in [0.25, 0.3) is 5.91 Å². The first-order valence-corrected chi connectivity index (χ1v) is 14.6. The van der Waals surface area contributed by atoms with E-state index in [1.54, 1.807) is 23.2 Å². The number of oxazole rings is 1. The van der Waals surface area contributed by atoms with E-state index >= 15 is 0 Å². The molecule has 2 aliphatic heterocycles. The molecule has 2 saturated heterocycles. The maximum Gasteiger partial charge on any atom is 0.350 e. The minimum Gasteiger partial charge on any atom is -0.436 e. The maximum absolute atomic E-state index is 13.5. The molecule has 2 aromatic carbocycles. The number of ether oxygens (including phenoxy) is 1. The predicted molar refractivity (Wildman–Crippen MR) is 155 cm³/mol. The second-order valence-corrected chi connectivity index (χ2v) is 11.1. The van der Waals surface area contributed by atoms with Crippen molar-refractivity contribution >= 4 is 17.0 Å². The highest BCUT2D eigenvalue weighted by atomic mass is 19.3. The quantitative estimate of drug-likeness (QED) is 0.256. The van der Waals surface area contributed by atoms with Crippen LogP contribution in [0.5, 0.6) is 0 Å². The highest BCUT2D eigenvalue weighted by Gasteiger charge is 2.32. The molecular formula is C31H30F2N8O3. The van der Waals surface area contributed by atoms with Crippen molar-refractivity contribution in [1.29, 1.82) is 0 Å². The highest BCUT2D eigenvalue weighted by Crippen LogP contribution is 2.29. The number of piperazine rings is 1. The van der Waals surface area contributed by atoms with Crippen molar-refractivity contribution in [3.05, 3.63) is 89.5 Å².